The van der Waals surface area contributed by atoms with Gasteiger partial charge in [-0.2, -0.15) is 0 Å². The molecule has 1 aliphatic rings. The molecule has 0 saturated heterocycles. The third kappa shape index (κ3) is 4.68. The Morgan fingerprint density at radius 3 is 1.63 bits per heavy atom. The molecule has 0 atom stereocenters. The first-order valence-electron chi connectivity index (χ1n) is 17.5. The van der Waals surface area contributed by atoms with Gasteiger partial charge in [0, 0.05) is 25.9 Å². The van der Waals surface area contributed by atoms with E-state index in [9.17, 15) is 0 Å². The first kappa shape index (κ1) is 29.7. The minimum absolute atomic E-state index is 0.551. The van der Waals surface area contributed by atoms with Gasteiger partial charge in [-0.05, 0) is 93.0 Å². The molecule has 0 radical (unpaired) electrons. The molecule has 0 saturated carbocycles. The molecule has 0 bridgehead atoms. The smallest absolute Gasteiger partial charge is 0.0742 e. The van der Waals surface area contributed by atoms with Gasteiger partial charge in [-0.25, -0.2) is 0 Å². The molecule has 0 aliphatic carbocycles. The van der Waals surface area contributed by atoms with Gasteiger partial charge in [0.15, 0.2) is 0 Å². The minimum Gasteiger partial charge on any atom is -0.310 e. The topological polar surface area (TPSA) is 3.24 Å². The second-order valence-corrected chi connectivity index (χ2v) is 14.4. The maximum atomic E-state index is 2.46. The number of fused-ring (bicyclic) bond motifs is 5. The largest absolute Gasteiger partial charge is 0.310 e. The van der Waals surface area contributed by atoms with Crippen molar-refractivity contribution >= 4 is 48.6 Å². The highest BCUT2D eigenvalue weighted by Gasteiger charge is 2.46. The summed E-state index contributed by atoms with van der Waals surface area (Å²) in [6.45, 7) is 0. The van der Waals surface area contributed by atoms with Gasteiger partial charge >= 0.3 is 0 Å². The monoisotopic (exact) mass is 667 g/mol. The van der Waals surface area contributed by atoms with Crippen molar-refractivity contribution in [2.24, 2.45) is 0 Å². The lowest BCUT2D eigenvalue weighted by Crippen LogP contribution is -2.37. The third-order valence-electron chi connectivity index (χ3n) is 10.5. The van der Waals surface area contributed by atoms with E-state index >= 15 is 0 Å². The van der Waals surface area contributed by atoms with E-state index < -0.39 is 5.41 Å². The molecule has 0 N–H and O–H groups in total. The molecule has 1 aromatic heterocycles. The Balaban J connectivity index is 1.25. The van der Waals surface area contributed by atoms with Crippen molar-refractivity contribution in [3.8, 4) is 22.3 Å². The van der Waals surface area contributed by atoms with Gasteiger partial charge in [0.25, 0.3) is 0 Å². The van der Waals surface area contributed by atoms with E-state index in [2.05, 4.69) is 205 Å². The summed E-state index contributed by atoms with van der Waals surface area (Å²) >= 11 is 1.87. The molecule has 51 heavy (non-hydrogen) atoms. The summed E-state index contributed by atoms with van der Waals surface area (Å²) in [5.74, 6) is 0. The maximum Gasteiger partial charge on any atom is 0.0742 e. The summed E-state index contributed by atoms with van der Waals surface area (Å²) in [4.78, 5) is 2.46. The van der Waals surface area contributed by atoms with Crippen LogP contribution < -0.4 is 4.90 Å². The lowest BCUT2D eigenvalue weighted by atomic mass is 9.62. The van der Waals surface area contributed by atoms with E-state index in [4.69, 9.17) is 0 Å². The molecule has 9 aromatic rings. The van der Waals surface area contributed by atoms with Crippen LogP contribution in [0.15, 0.2) is 200 Å². The molecule has 1 aliphatic heterocycles. The van der Waals surface area contributed by atoms with Crippen molar-refractivity contribution in [3.63, 3.8) is 0 Å². The van der Waals surface area contributed by atoms with E-state index in [-0.39, 0.29) is 0 Å². The van der Waals surface area contributed by atoms with Crippen molar-refractivity contribution in [3.05, 3.63) is 222 Å². The summed E-state index contributed by atoms with van der Waals surface area (Å²) in [6, 6.07) is 73.6. The molecule has 0 amide bonds. The summed E-state index contributed by atoms with van der Waals surface area (Å²) in [7, 11) is 0. The van der Waals surface area contributed by atoms with E-state index in [0.717, 1.165) is 5.69 Å². The Kier molecular flexibility index (Phi) is 6.97. The number of benzene rings is 8. The zero-order chi connectivity index (χ0) is 33.8. The fourth-order valence-corrected chi connectivity index (χ4v) is 9.34. The van der Waals surface area contributed by atoms with E-state index in [0.29, 0.717) is 0 Å². The molecule has 2 heterocycles. The molecule has 0 spiro atoms. The fourth-order valence-electron chi connectivity index (χ4n) is 8.25. The van der Waals surface area contributed by atoms with Crippen molar-refractivity contribution in [1.82, 2.24) is 0 Å². The van der Waals surface area contributed by atoms with Gasteiger partial charge < -0.3 is 4.90 Å². The van der Waals surface area contributed by atoms with Crippen molar-refractivity contribution in [2.75, 3.05) is 4.90 Å². The van der Waals surface area contributed by atoms with Crippen LogP contribution in [0.1, 0.15) is 22.3 Å². The molecule has 0 fully saturated rings. The van der Waals surface area contributed by atoms with Crippen LogP contribution in [0.25, 0.3) is 42.4 Å². The van der Waals surface area contributed by atoms with Crippen LogP contribution in [0.3, 0.4) is 0 Å². The van der Waals surface area contributed by atoms with Crippen LogP contribution in [0, 0.1) is 0 Å². The predicted octanol–water partition coefficient (Wildman–Crippen LogP) is 13.6. The first-order chi connectivity index (χ1) is 25.3. The molecule has 1 nitrogen and oxygen atoms in total. The van der Waals surface area contributed by atoms with E-state index in [1.165, 1.54) is 76.1 Å². The summed E-state index contributed by atoms with van der Waals surface area (Å²) < 4.78 is 2.65. The number of thiophene rings is 1. The zero-order valence-electron chi connectivity index (χ0n) is 27.9. The number of anilines is 3. The van der Waals surface area contributed by atoms with Crippen molar-refractivity contribution in [1.29, 1.82) is 0 Å². The zero-order valence-corrected chi connectivity index (χ0v) is 28.7. The highest BCUT2D eigenvalue weighted by molar-refractivity contribution is 7.25. The highest BCUT2D eigenvalue weighted by Crippen LogP contribution is 2.58. The van der Waals surface area contributed by atoms with Crippen LogP contribution in [0.4, 0.5) is 17.1 Å². The minimum atomic E-state index is -0.551. The predicted molar refractivity (Wildman–Crippen MR) is 217 cm³/mol. The number of hydrogen-bond donors (Lipinski definition) is 0. The Morgan fingerprint density at radius 1 is 0.353 bits per heavy atom. The number of para-hydroxylation sites is 1. The molecule has 10 rings (SSSR count). The molecule has 240 valence electrons. The van der Waals surface area contributed by atoms with Crippen LogP contribution in [-0.2, 0) is 5.41 Å². The Labute approximate surface area is 302 Å². The van der Waals surface area contributed by atoms with Crippen LogP contribution in [0.5, 0.6) is 0 Å². The third-order valence-corrected chi connectivity index (χ3v) is 11.7. The Bertz CT molecular complexity index is 2640. The standard InChI is InChI=1S/C49H33NS/c1-4-14-34(15-5-1)35-24-28-40(29-25-35)50-45-22-12-11-21-43(45)49(38-16-6-2-7-17-38,39-18-8-3-9-19-39)44-33-37(26-30-46(44)50)36-27-31-48-42(32-36)41-20-10-13-23-47(41)51-48/h1-33H. The number of nitrogens with zero attached hydrogens (tertiary/aromatic N) is 1. The second kappa shape index (κ2) is 12.0. The van der Waals surface area contributed by atoms with Gasteiger partial charge in [-0.15, -0.1) is 11.3 Å². The average Bonchev–Trinajstić information content (AvgIpc) is 3.59. The lowest BCUT2D eigenvalue weighted by Gasteiger charge is -2.46. The quantitative estimate of drug-likeness (QED) is 0.177. The van der Waals surface area contributed by atoms with Gasteiger partial charge in [0.05, 0.1) is 16.8 Å². The van der Waals surface area contributed by atoms with E-state index in [1.807, 2.05) is 11.3 Å². The summed E-state index contributed by atoms with van der Waals surface area (Å²) in [6.07, 6.45) is 0. The molecule has 8 aromatic carbocycles. The maximum absolute atomic E-state index is 2.46. The SMILES string of the molecule is c1ccc(-c2ccc(N3c4ccccc4C(c4ccccc4)(c4ccccc4)c4cc(-c5ccc6sc7ccccc7c6c5)ccc43)cc2)cc1. The van der Waals surface area contributed by atoms with Gasteiger partial charge in [-0.3, -0.25) is 0 Å². The van der Waals surface area contributed by atoms with Gasteiger partial charge in [-0.1, -0.05) is 152 Å². The summed E-state index contributed by atoms with van der Waals surface area (Å²) in [5, 5.41) is 2.63. The van der Waals surface area contributed by atoms with Crippen molar-refractivity contribution in [2.45, 2.75) is 5.41 Å². The van der Waals surface area contributed by atoms with Crippen LogP contribution >= 0.6 is 11.3 Å². The number of hydrogen-bond acceptors (Lipinski definition) is 2. The van der Waals surface area contributed by atoms with Crippen LogP contribution in [-0.4, -0.2) is 0 Å². The fraction of sp³-hybridized carbons (Fsp3) is 0.0204. The second-order valence-electron chi connectivity index (χ2n) is 13.3. The Morgan fingerprint density at radius 2 is 0.882 bits per heavy atom. The average molecular weight is 668 g/mol. The Hall–Kier alpha value is -6.22. The molecule has 0 unspecified atom stereocenters. The normalized spacial score (nSPS) is 13.2. The number of rotatable bonds is 5. The lowest BCUT2D eigenvalue weighted by molar-refractivity contribution is 0.731. The van der Waals surface area contributed by atoms with E-state index in [1.54, 1.807) is 0 Å². The highest BCUT2D eigenvalue weighted by atomic mass is 32.1. The molecular weight excluding hydrogens is 635 g/mol. The van der Waals surface area contributed by atoms with Crippen molar-refractivity contribution < 1.29 is 0 Å². The van der Waals surface area contributed by atoms with Gasteiger partial charge in [0.1, 0.15) is 0 Å². The van der Waals surface area contributed by atoms with Gasteiger partial charge in [0.2, 0.25) is 0 Å². The molecular formula is C49H33NS. The summed E-state index contributed by atoms with van der Waals surface area (Å²) in [5.41, 5.74) is 12.8. The first-order valence-corrected chi connectivity index (χ1v) is 18.3. The van der Waals surface area contributed by atoms with Crippen LogP contribution in [0.2, 0.25) is 0 Å². The molecule has 2 heteroatoms.